The SMILES string of the molecule is CC(C)(C)OC(=O)Nc1nc(Cl)c2ncn([C@H]3[C@H](COCc4ccccc4)[C@@H](COCc4ccccc4)[C@@H]3CO)c2n1. The molecule has 0 unspecified atom stereocenters. The summed E-state index contributed by atoms with van der Waals surface area (Å²) in [6, 6.07) is 19.8. The third-order valence-electron chi connectivity index (χ3n) is 7.34. The second-order valence-corrected chi connectivity index (χ2v) is 11.8. The van der Waals surface area contributed by atoms with Gasteiger partial charge in [-0.2, -0.15) is 9.97 Å². The van der Waals surface area contributed by atoms with Gasteiger partial charge >= 0.3 is 6.09 Å². The number of aliphatic hydroxyl groups is 1. The van der Waals surface area contributed by atoms with Crippen molar-refractivity contribution >= 4 is 34.8 Å². The van der Waals surface area contributed by atoms with Crippen LogP contribution in [0.1, 0.15) is 37.9 Å². The van der Waals surface area contributed by atoms with Crippen LogP contribution in [0.3, 0.4) is 0 Å². The molecule has 11 heteroatoms. The lowest BCUT2D eigenvalue weighted by Gasteiger charge is -2.51. The molecule has 0 spiro atoms. The number of ether oxygens (including phenoxy) is 3. The van der Waals surface area contributed by atoms with E-state index in [1.54, 1.807) is 27.1 Å². The van der Waals surface area contributed by atoms with Gasteiger partial charge in [-0.15, -0.1) is 0 Å². The monoisotopic (exact) mass is 593 g/mol. The number of hydrogen-bond acceptors (Lipinski definition) is 8. The number of nitrogens with zero attached hydrogens (tertiary/aromatic N) is 4. The molecule has 1 saturated carbocycles. The third kappa shape index (κ3) is 7.07. The Morgan fingerprint density at radius 3 is 2.10 bits per heavy atom. The van der Waals surface area contributed by atoms with E-state index in [0.717, 1.165) is 11.1 Å². The van der Waals surface area contributed by atoms with Gasteiger partial charge in [-0.25, -0.2) is 9.78 Å². The predicted molar refractivity (Wildman–Crippen MR) is 159 cm³/mol. The molecule has 4 aromatic rings. The number of fused-ring (bicyclic) bond motifs is 1. The molecule has 2 aromatic carbocycles. The summed E-state index contributed by atoms with van der Waals surface area (Å²) in [5.41, 5.74) is 2.32. The number of halogens is 1. The van der Waals surface area contributed by atoms with Crippen LogP contribution in [0.4, 0.5) is 10.7 Å². The zero-order valence-corrected chi connectivity index (χ0v) is 24.7. The molecule has 2 N–H and O–H groups in total. The fourth-order valence-electron chi connectivity index (χ4n) is 5.45. The van der Waals surface area contributed by atoms with Crippen molar-refractivity contribution < 1.29 is 24.1 Å². The number of aliphatic hydroxyl groups excluding tert-OH is 1. The molecule has 1 aliphatic carbocycles. The van der Waals surface area contributed by atoms with E-state index in [2.05, 4.69) is 20.3 Å². The van der Waals surface area contributed by atoms with E-state index in [1.165, 1.54) is 0 Å². The van der Waals surface area contributed by atoms with E-state index in [-0.39, 0.29) is 41.5 Å². The van der Waals surface area contributed by atoms with Crippen LogP contribution in [0.25, 0.3) is 11.2 Å². The van der Waals surface area contributed by atoms with Crippen molar-refractivity contribution in [3.05, 3.63) is 83.3 Å². The van der Waals surface area contributed by atoms with Crippen LogP contribution >= 0.6 is 11.6 Å². The van der Waals surface area contributed by atoms with E-state index in [9.17, 15) is 9.90 Å². The number of carbonyl (C=O) groups is 1. The molecule has 1 aliphatic rings. The topological polar surface area (TPSA) is 121 Å². The van der Waals surface area contributed by atoms with Crippen molar-refractivity contribution in [2.45, 2.75) is 45.6 Å². The molecule has 222 valence electrons. The van der Waals surface area contributed by atoms with E-state index in [4.69, 9.17) is 25.8 Å². The molecule has 0 bridgehead atoms. The van der Waals surface area contributed by atoms with Gasteiger partial charge in [-0.1, -0.05) is 72.3 Å². The number of carbonyl (C=O) groups excluding carboxylic acids is 1. The fraction of sp³-hybridized carbons (Fsp3) is 0.419. The zero-order chi connectivity index (χ0) is 29.7. The standard InChI is InChI=1S/C31H36ClN5O5/c1-31(2,3)42-30(39)36-29-34-27(32)25-28(35-29)37(19-33-25)26-22(14-38)23(17-40-15-20-10-6-4-7-11-20)24(26)18-41-16-21-12-8-5-9-13-21/h4-13,19,22-24,26,38H,14-18H2,1-3H3,(H,34,35,36,39)/t22-,23-,24+,26+/m0/s1. The van der Waals surface area contributed by atoms with Crippen molar-refractivity contribution in [2.75, 3.05) is 25.1 Å². The minimum Gasteiger partial charge on any atom is -0.444 e. The summed E-state index contributed by atoms with van der Waals surface area (Å²) in [5, 5.41) is 13.2. The Hall–Kier alpha value is -3.57. The van der Waals surface area contributed by atoms with Crippen molar-refractivity contribution in [1.82, 2.24) is 19.5 Å². The largest absolute Gasteiger partial charge is 0.444 e. The van der Waals surface area contributed by atoms with Gasteiger partial charge in [-0.3, -0.25) is 5.32 Å². The van der Waals surface area contributed by atoms with Crippen molar-refractivity contribution in [3.63, 3.8) is 0 Å². The molecule has 2 aromatic heterocycles. The molecule has 1 fully saturated rings. The lowest BCUT2D eigenvalue weighted by molar-refractivity contribution is -0.118. The van der Waals surface area contributed by atoms with E-state index in [1.807, 2.05) is 65.2 Å². The van der Waals surface area contributed by atoms with Crippen LogP contribution in [0.2, 0.25) is 5.15 Å². The number of rotatable bonds is 11. The fourth-order valence-corrected chi connectivity index (χ4v) is 5.66. The molecule has 5 rings (SSSR count). The van der Waals surface area contributed by atoms with Gasteiger partial charge in [0.05, 0.1) is 32.8 Å². The van der Waals surface area contributed by atoms with E-state index >= 15 is 0 Å². The van der Waals surface area contributed by atoms with Gasteiger partial charge < -0.3 is 23.9 Å². The summed E-state index contributed by atoms with van der Waals surface area (Å²) in [4.78, 5) is 25.6. The Balaban J connectivity index is 1.38. The molecular formula is C31H36ClN5O5. The molecular weight excluding hydrogens is 558 g/mol. The molecule has 0 aliphatic heterocycles. The first-order chi connectivity index (χ1) is 20.2. The summed E-state index contributed by atoms with van der Waals surface area (Å²) in [7, 11) is 0. The van der Waals surface area contributed by atoms with Gasteiger partial charge in [0.25, 0.3) is 0 Å². The maximum atomic E-state index is 12.4. The number of hydrogen-bond donors (Lipinski definition) is 2. The first-order valence-electron chi connectivity index (χ1n) is 14.0. The van der Waals surface area contributed by atoms with Crippen LogP contribution in [0, 0.1) is 17.8 Å². The quantitative estimate of drug-likeness (QED) is 0.214. The number of aromatic nitrogens is 4. The average Bonchev–Trinajstić information content (AvgIpc) is 3.36. The van der Waals surface area contributed by atoms with Crippen LogP contribution in [-0.4, -0.2) is 56.1 Å². The number of benzene rings is 2. The van der Waals surface area contributed by atoms with Crippen LogP contribution < -0.4 is 5.32 Å². The third-order valence-corrected chi connectivity index (χ3v) is 7.61. The van der Waals surface area contributed by atoms with Gasteiger partial charge in [-0.05, 0) is 37.8 Å². The highest BCUT2D eigenvalue weighted by Crippen LogP contribution is 2.50. The number of anilines is 1. The molecule has 4 atom stereocenters. The first kappa shape index (κ1) is 29.9. The van der Waals surface area contributed by atoms with Crippen LogP contribution in [0.5, 0.6) is 0 Å². The summed E-state index contributed by atoms with van der Waals surface area (Å²) in [6.07, 6.45) is 0.963. The summed E-state index contributed by atoms with van der Waals surface area (Å²) in [6.45, 7) is 7.10. The van der Waals surface area contributed by atoms with Gasteiger partial charge in [0, 0.05) is 24.5 Å². The molecule has 1 amide bonds. The summed E-state index contributed by atoms with van der Waals surface area (Å²) in [5.74, 6) is -0.105. The van der Waals surface area contributed by atoms with E-state index in [0.29, 0.717) is 37.6 Å². The Bertz CT molecular complexity index is 1480. The lowest BCUT2D eigenvalue weighted by Crippen LogP contribution is -2.53. The number of imidazole rings is 1. The minimum absolute atomic E-state index is 0.00277. The molecule has 2 heterocycles. The van der Waals surface area contributed by atoms with Crippen molar-refractivity contribution in [2.24, 2.45) is 17.8 Å². The molecule has 10 nitrogen and oxygen atoms in total. The maximum absolute atomic E-state index is 12.4. The van der Waals surface area contributed by atoms with Crippen molar-refractivity contribution in [3.8, 4) is 0 Å². The normalized spacial score (nSPS) is 20.3. The predicted octanol–water partition coefficient (Wildman–Crippen LogP) is 5.66. The van der Waals surface area contributed by atoms with Gasteiger partial charge in [0.15, 0.2) is 10.8 Å². The number of amides is 1. The molecule has 0 radical (unpaired) electrons. The first-order valence-corrected chi connectivity index (χ1v) is 14.4. The van der Waals surface area contributed by atoms with Crippen LogP contribution in [0.15, 0.2) is 67.0 Å². The zero-order valence-electron chi connectivity index (χ0n) is 23.9. The Morgan fingerprint density at radius 1 is 0.929 bits per heavy atom. The van der Waals surface area contributed by atoms with Crippen LogP contribution in [-0.2, 0) is 27.4 Å². The number of nitrogens with one attached hydrogen (secondary N) is 1. The highest BCUT2D eigenvalue weighted by atomic mass is 35.5. The molecule has 0 saturated heterocycles. The molecule has 42 heavy (non-hydrogen) atoms. The Morgan fingerprint density at radius 2 is 1.52 bits per heavy atom. The maximum Gasteiger partial charge on any atom is 0.414 e. The lowest BCUT2D eigenvalue weighted by atomic mass is 9.61. The van der Waals surface area contributed by atoms with E-state index < -0.39 is 11.7 Å². The second-order valence-electron chi connectivity index (χ2n) is 11.5. The van der Waals surface area contributed by atoms with Crippen molar-refractivity contribution in [1.29, 1.82) is 0 Å². The minimum atomic E-state index is -0.691. The second kappa shape index (κ2) is 13.2. The highest BCUT2D eigenvalue weighted by Gasteiger charge is 2.51. The van der Waals surface area contributed by atoms with Gasteiger partial charge in [0.1, 0.15) is 11.1 Å². The highest BCUT2D eigenvalue weighted by molar-refractivity contribution is 6.33. The summed E-state index contributed by atoms with van der Waals surface area (Å²) < 4.78 is 19.6. The smallest absolute Gasteiger partial charge is 0.414 e. The Kier molecular flexibility index (Phi) is 9.37. The Labute approximate surface area is 250 Å². The average molecular weight is 594 g/mol. The summed E-state index contributed by atoms with van der Waals surface area (Å²) >= 11 is 6.46. The van der Waals surface area contributed by atoms with Gasteiger partial charge in [0.2, 0.25) is 5.95 Å².